The van der Waals surface area contributed by atoms with E-state index in [1.807, 2.05) is 12.1 Å². The summed E-state index contributed by atoms with van der Waals surface area (Å²) in [6.45, 7) is 0.451. The van der Waals surface area contributed by atoms with Crippen molar-refractivity contribution < 1.29 is 14.3 Å². The molecule has 2 rings (SSSR count). The molecular weight excluding hydrogens is 312 g/mol. The summed E-state index contributed by atoms with van der Waals surface area (Å²) in [5, 5.41) is 2.84. The van der Waals surface area contributed by atoms with Crippen LogP contribution in [0.4, 0.5) is 5.69 Å². The van der Waals surface area contributed by atoms with Gasteiger partial charge < -0.3 is 20.5 Å². The van der Waals surface area contributed by atoms with Crippen LogP contribution in [0.15, 0.2) is 22.7 Å². The van der Waals surface area contributed by atoms with Crippen LogP contribution in [0.3, 0.4) is 0 Å². The molecular formula is C13H17BrN2O3. The number of methoxy groups -OCH3 is 1. The van der Waals surface area contributed by atoms with E-state index in [1.54, 1.807) is 13.2 Å². The van der Waals surface area contributed by atoms with Gasteiger partial charge in [0.15, 0.2) is 0 Å². The van der Waals surface area contributed by atoms with Gasteiger partial charge >= 0.3 is 0 Å². The van der Waals surface area contributed by atoms with Gasteiger partial charge in [-0.05, 0) is 40.9 Å². The van der Waals surface area contributed by atoms with Crippen molar-refractivity contribution in [2.24, 2.45) is 5.73 Å². The highest BCUT2D eigenvalue weighted by molar-refractivity contribution is 9.10. The maximum absolute atomic E-state index is 12.1. The van der Waals surface area contributed by atoms with Gasteiger partial charge in [0.1, 0.15) is 11.9 Å². The fourth-order valence-corrected chi connectivity index (χ4v) is 2.36. The first kappa shape index (κ1) is 14.3. The third-order valence-electron chi connectivity index (χ3n) is 3.09. The van der Waals surface area contributed by atoms with Gasteiger partial charge in [0.05, 0.1) is 18.9 Å². The minimum absolute atomic E-state index is 0.00972. The molecule has 1 heterocycles. The third kappa shape index (κ3) is 3.46. The highest BCUT2D eigenvalue weighted by Crippen LogP contribution is 2.28. The maximum atomic E-state index is 12.1. The standard InChI is InChI=1S/C13H17BrN2O3/c1-18-8-2-4-10(14)11(6-8)16-13(17)12-5-3-9(7-15)19-12/h2,4,6,9,12H,3,5,7,15H2,1H3,(H,16,17). The van der Waals surface area contributed by atoms with E-state index in [0.29, 0.717) is 24.4 Å². The highest BCUT2D eigenvalue weighted by Gasteiger charge is 2.30. The van der Waals surface area contributed by atoms with E-state index in [-0.39, 0.29) is 12.0 Å². The molecule has 1 aromatic rings. The highest BCUT2D eigenvalue weighted by atomic mass is 79.9. The molecule has 2 atom stereocenters. The van der Waals surface area contributed by atoms with E-state index in [4.69, 9.17) is 15.2 Å². The molecule has 0 bridgehead atoms. The van der Waals surface area contributed by atoms with Crippen LogP contribution in [0.25, 0.3) is 0 Å². The SMILES string of the molecule is COc1ccc(Br)c(NC(=O)C2CCC(CN)O2)c1. The topological polar surface area (TPSA) is 73.6 Å². The lowest BCUT2D eigenvalue weighted by molar-refractivity contribution is -0.126. The van der Waals surface area contributed by atoms with Gasteiger partial charge in [-0.2, -0.15) is 0 Å². The molecule has 0 aliphatic carbocycles. The Balaban J connectivity index is 2.03. The number of anilines is 1. The lowest BCUT2D eigenvalue weighted by Crippen LogP contribution is -2.29. The quantitative estimate of drug-likeness (QED) is 0.885. The molecule has 1 saturated heterocycles. The summed E-state index contributed by atoms with van der Waals surface area (Å²) in [5.41, 5.74) is 6.20. The van der Waals surface area contributed by atoms with Gasteiger partial charge in [0.2, 0.25) is 0 Å². The summed E-state index contributed by atoms with van der Waals surface area (Å²) in [5.74, 6) is 0.538. The Hall–Kier alpha value is -1.11. The molecule has 1 fully saturated rings. The summed E-state index contributed by atoms with van der Waals surface area (Å²) in [6, 6.07) is 5.40. The zero-order valence-corrected chi connectivity index (χ0v) is 12.3. The third-order valence-corrected chi connectivity index (χ3v) is 3.79. The number of carbonyl (C=O) groups excluding carboxylic acids is 1. The normalized spacial score (nSPS) is 22.3. The van der Waals surface area contributed by atoms with Crippen molar-refractivity contribution in [2.45, 2.75) is 25.0 Å². The first-order valence-electron chi connectivity index (χ1n) is 6.14. The van der Waals surface area contributed by atoms with Crippen LogP contribution in [0.5, 0.6) is 5.75 Å². The zero-order chi connectivity index (χ0) is 13.8. The molecule has 1 amide bonds. The molecule has 104 valence electrons. The Kier molecular flexibility index (Phi) is 4.79. The van der Waals surface area contributed by atoms with E-state index in [2.05, 4.69) is 21.2 Å². The fraction of sp³-hybridized carbons (Fsp3) is 0.462. The molecule has 19 heavy (non-hydrogen) atoms. The first-order valence-corrected chi connectivity index (χ1v) is 6.93. The van der Waals surface area contributed by atoms with Crippen LogP contribution >= 0.6 is 15.9 Å². The fourth-order valence-electron chi connectivity index (χ4n) is 2.01. The van der Waals surface area contributed by atoms with E-state index in [0.717, 1.165) is 10.9 Å². The monoisotopic (exact) mass is 328 g/mol. The van der Waals surface area contributed by atoms with Crippen molar-refractivity contribution in [3.8, 4) is 5.75 Å². The van der Waals surface area contributed by atoms with Crippen LogP contribution in [0, 0.1) is 0 Å². The van der Waals surface area contributed by atoms with Gasteiger partial charge in [-0.15, -0.1) is 0 Å². The van der Waals surface area contributed by atoms with Crippen molar-refractivity contribution in [1.82, 2.24) is 0 Å². The molecule has 1 aliphatic heterocycles. The number of carbonyl (C=O) groups is 1. The van der Waals surface area contributed by atoms with Crippen molar-refractivity contribution in [1.29, 1.82) is 0 Å². The maximum Gasteiger partial charge on any atom is 0.253 e. The predicted octanol–water partition coefficient (Wildman–Crippen LogP) is 1.90. The van der Waals surface area contributed by atoms with E-state index in [1.165, 1.54) is 0 Å². The van der Waals surface area contributed by atoms with Crippen LogP contribution in [0.2, 0.25) is 0 Å². The Morgan fingerprint density at radius 1 is 1.58 bits per heavy atom. The Bertz CT molecular complexity index is 467. The summed E-state index contributed by atoms with van der Waals surface area (Å²) >= 11 is 3.39. The van der Waals surface area contributed by atoms with Gasteiger partial charge in [-0.3, -0.25) is 4.79 Å². The molecule has 2 unspecified atom stereocenters. The molecule has 0 radical (unpaired) electrons. The van der Waals surface area contributed by atoms with Gasteiger partial charge in [-0.1, -0.05) is 0 Å². The van der Waals surface area contributed by atoms with Crippen molar-refractivity contribution in [3.05, 3.63) is 22.7 Å². The number of ether oxygens (including phenoxy) is 2. The Morgan fingerprint density at radius 2 is 2.37 bits per heavy atom. The largest absolute Gasteiger partial charge is 0.497 e. The minimum Gasteiger partial charge on any atom is -0.497 e. The van der Waals surface area contributed by atoms with Crippen LogP contribution < -0.4 is 15.8 Å². The zero-order valence-electron chi connectivity index (χ0n) is 10.7. The predicted molar refractivity (Wildman–Crippen MR) is 76.3 cm³/mol. The molecule has 0 aromatic heterocycles. The average molecular weight is 329 g/mol. The molecule has 0 spiro atoms. The molecule has 5 nitrogen and oxygen atoms in total. The smallest absolute Gasteiger partial charge is 0.253 e. The van der Waals surface area contributed by atoms with Crippen LogP contribution in [-0.4, -0.2) is 31.8 Å². The number of nitrogens with one attached hydrogen (secondary N) is 1. The number of nitrogens with two attached hydrogens (primary N) is 1. The number of rotatable bonds is 4. The minimum atomic E-state index is -0.424. The number of hydrogen-bond donors (Lipinski definition) is 2. The van der Waals surface area contributed by atoms with E-state index < -0.39 is 6.10 Å². The Labute approximate surface area is 120 Å². The van der Waals surface area contributed by atoms with Crippen molar-refractivity contribution in [2.75, 3.05) is 19.0 Å². The second-order valence-electron chi connectivity index (χ2n) is 4.39. The lowest BCUT2D eigenvalue weighted by atomic mass is 10.2. The van der Waals surface area contributed by atoms with Crippen LogP contribution in [0.1, 0.15) is 12.8 Å². The van der Waals surface area contributed by atoms with Gasteiger partial charge in [0, 0.05) is 17.1 Å². The van der Waals surface area contributed by atoms with Crippen molar-refractivity contribution in [3.63, 3.8) is 0 Å². The molecule has 1 aliphatic rings. The summed E-state index contributed by atoms with van der Waals surface area (Å²) in [6.07, 6.45) is 1.10. The summed E-state index contributed by atoms with van der Waals surface area (Å²) in [7, 11) is 1.58. The van der Waals surface area contributed by atoms with Gasteiger partial charge in [0.25, 0.3) is 5.91 Å². The number of benzene rings is 1. The molecule has 6 heteroatoms. The number of amides is 1. The summed E-state index contributed by atoms with van der Waals surface area (Å²) in [4.78, 5) is 12.1. The number of halogens is 1. The van der Waals surface area contributed by atoms with E-state index in [9.17, 15) is 4.79 Å². The second kappa shape index (κ2) is 6.36. The molecule has 1 aromatic carbocycles. The Morgan fingerprint density at radius 3 is 3.00 bits per heavy atom. The first-order chi connectivity index (χ1) is 9.13. The van der Waals surface area contributed by atoms with Gasteiger partial charge in [-0.25, -0.2) is 0 Å². The second-order valence-corrected chi connectivity index (χ2v) is 5.25. The summed E-state index contributed by atoms with van der Waals surface area (Å²) < 4.78 is 11.5. The van der Waals surface area contributed by atoms with Crippen molar-refractivity contribution >= 4 is 27.5 Å². The van der Waals surface area contributed by atoms with Crippen LogP contribution in [-0.2, 0) is 9.53 Å². The molecule has 3 N–H and O–H groups in total. The average Bonchev–Trinajstić information content (AvgIpc) is 2.90. The number of hydrogen-bond acceptors (Lipinski definition) is 4. The van der Waals surface area contributed by atoms with E-state index >= 15 is 0 Å². The lowest BCUT2D eigenvalue weighted by Gasteiger charge is -2.14. The molecule has 0 saturated carbocycles.